The second-order valence-electron chi connectivity index (χ2n) is 6.09. The van der Waals surface area contributed by atoms with Gasteiger partial charge in [-0.3, -0.25) is 4.79 Å². The van der Waals surface area contributed by atoms with E-state index in [1.165, 1.54) is 18.3 Å². The van der Waals surface area contributed by atoms with Gasteiger partial charge in [0, 0.05) is 31.8 Å². The second-order valence-corrected chi connectivity index (χ2v) is 7.17. The third-order valence-electron chi connectivity index (χ3n) is 3.82. The van der Waals surface area contributed by atoms with Gasteiger partial charge < -0.3 is 15.0 Å². The van der Waals surface area contributed by atoms with Crippen molar-refractivity contribution in [2.75, 3.05) is 0 Å². The predicted molar refractivity (Wildman–Crippen MR) is 102 cm³/mol. The summed E-state index contributed by atoms with van der Waals surface area (Å²) >= 11 is 1.25. The lowest BCUT2D eigenvalue weighted by Crippen LogP contribution is -2.31. The van der Waals surface area contributed by atoms with Crippen LogP contribution in [0.4, 0.5) is 0 Å². The number of Topliss-reactive ketones (excluding diaryl/α,β-unsaturated/α-hetero) is 1. The van der Waals surface area contributed by atoms with Crippen LogP contribution in [0.1, 0.15) is 33.6 Å². The number of benzene rings is 1. The van der Waals surface area contributed by atoms with Gasteiger partial charge in [-0.15, -0.1) is 11.3 Å². The molecule has 7 nitrogen and oxygen atoms in total. The lowest BCUT2D eigenvalue weighted by molar-refractivity contribution is -0.135. The van der Waals surface area contributed by atoms with E-state index < -0.39 is 12.0 Å². The Bertz CT molecular complexity index is 904. The Morgan fingerprint density at radius 1 is 1.30 bits per heavy atom. The minimum atomic E-state index is -0.793. The van der Waals surface area contributed by atoms with Gasteiger partial charge in [-0.1, -0.05) is 30.3 Å². The van der Waals surface area contributed by atoms with Crippen LogP contribution in [0.15, 0.2) is 49.1 Å². The molecule has 0 aliphatic carbocycles. The van der Waals surface area contributed by atoms with Gasteiger partial charge in [0.05, 0.1) is 6.33 Å². The Labute approximate surface area is 160 Å². The fourth-order valence-corrected chi connectivity index (χ4v) is 3.38. The van der Waals surface area contributed by atoms with Crippen LogP contribution in [-0.2, 0) is 17.8 Å². The molecule has 0 aliphatic rings. The summed E-state index contributed by atoms with van der Waals surface area (Å²) in [5.74, 6) is -0.702. The molecule has 0 spiro atoms. The zero-order chi connectivity index (χ0) is 19.2. The molecule has 3 rings (SSSR count). The smallest absolute Gasteiger partial charge is 0.329 e. The van der Waals surface area contributed by atoms with Crippen molar-refractivity contribution in [3.05, 3.63) is 64.5 Å². The number of aromatic nitrogens is 3. The van der Waals surface area contributed by atoms with Crippen molar-refractivity contribution in [2.24, 2.45) is 5.73 Å². The van der Waals surface area contributed by atoms with E-state index in [-0.39, 0.29) is 18.1 Å². The first-order chi connectivity index (χ1) is 13.0. The molecule has 0 saturated carbocycles. The van der Waals surface area contributed by atoms with Gasteiger partial charge in [-0.2, -0.15) is 0 Å². The van der Waals surface area contributed by atoms with Crippen LogP contribution >= 0.6 is 11.3 Å². The van der Waals surface area contributed by atoms with Crippen molar-refractivity contribution in [3.8, 4) is 5.88 Å². The number of thiazole rings is 1. The molecule has 1 atom stereocenters. The molecule has 0 unspecified atom stereocenters. The molecular formula is C19H20N4O3S. The summed E-state index contributed by atoms with van der Waals surface area (Å²) in [5, 5.41) is 0.708. The van der Waals surface area contributed by atoms with Crippen LogP contribution in [0.5, 0.6) is 5.88 Å². The lowest BCUT2D eigenvalue weighted by atomic mass is 10.2. The number of esters is 1. The predicted octanol–water partition coefficient (Wildman–Crippen LogP) is 2.46. The largest absolute Gasteiger partial charge is 0.405 e. The van der Waals surface area contributed by atoms with Crippen LogP contribution in [0.25, 0.3) is 0 Å². The Kier molecular flexibility index (Phi) is 6.10. The highest BCUT2D eigenvalue weighted by molar-refractivity contribution is 7.14. The first-order valence-electron chi connectivity index (χ1n) is 8.53. The molecule has 2 N–H and O–H groups in total. The Hall–Kier alpha value is -2.84. The third-order valence-corrected chi connectivity index (χ3v) is 4.89. The third kappa shape index (κ3) is 5.08. The van der Waals surface area contributed by atoms with Crippen LogP contribution in [0.3, 0.4) is 0 Å². The van der Waals surface area contributed by atoms with Crippen molar-refractivity contribution < 1.29 is 14.3 Å². The van der Waals surface area contributed by atoms with Crippen molar-refractivity contribution in [1.29, 1.82) is 0 Å². The molecule has 0 aliphatic heterocycles. The van der Waals surface area contributed by atoms with Gasteiger partial charge in [0.15, 0.2) is 5.78 Å². The number of ketones is 1. The van der Waals surface area contributed by atoms with E-state index in [2.05, 4.69) is 9.97 Å². The topological polar surface area (TPSA) is 100 Å². The standard InChI is InChI=1S/C19H20N4O3S/c1-13(20)19(25)26-18-17(15(24)7-9-23-10-8-21-12-23)27-16(22-18)11-14-5-3-2-4-6-14/h2-6,8,10,12-13H,7,9,11,20H2,1H3/t13-/m1/s1. The van der Waals surface area contributed by atoms with Gasteiger partial charge in [-0.25, -0.2) is 14.8 Å². The number of ether oxygens (including phenoxy) is 1. The molecule has 2 aromatic heterocycles. The summed E-state index contributed by atoms with van der Waals surface area (Å²) in [4.78, 5) is 33.3. The Morgan fingerprint density at radius 3 is 2.74 bits per heavy atom. The van der Waals surface area contributed by atoms with E-state index in [1.54, 1.807) is 18.7 Å². The van der Waals surface area contributed by atoms with E-state index in [4.69, 9.17) is 10.5 Å². The molecule has 8 heteroatoms. The minimum absolute atomic E-state index is 0.0452. The van der Waals surface area contributed by atoms with E-state index in [1.807, 2.05) is 34.9 Å². The number of hydrogen-bond donors (Lipinski definition) is 1. The summed E-state index contributed by atoms with van der Waals surface area (Å²) in [6.45, 7) is 2.02. The number of carbonyl (C=O) groups is 2. The van der Waals surface area contributed by atoms with E-state index in [0.29, 0.717) is 22.9 Å². The highest BCUT2D eigenvalue weighted by atomic mass is 32.1. The van der Waals surface area contributed by atoms with Gasteiger partial charge in [0.1, 0.15) is 15.9 Å². The number of carbonyl (C=O) groups excluding carboxylic acids is 2. The van der Waals surface area contributed by atoms with Crippen molar-refractivity contribution in [3.63, 3.8) is 0 Å². The number of aryl methyl sites for hydroxylation is 1. The van der Waals surface area contributed by atoms with Crippen LogP contribution in [0, 0.1) is 0 Å². The van der Waals surface area contributed by atoms with E-state index in [9.17, 15) is 9.59 Å². The maximum absolute atomic E-state index is 12.7. The van der Waals surface area contributed by atoms with E-state index >= 15 is 0 Å². The van der Waals surface area contributed by atoms with Crippen LogP contribution < -0.4 is 10.5 Å². The Morgan fingerprint density at radius 2 is 2.07 bits per heavy atom. The number of hydrogen-bond acceptors (Lipinski definition) is 7. The fraction of sp³-hybridized carbons (Fsp3) is 0.263. The highest BCUT2D eigenvalue weighted by Crippen LogP contribution is 2.29. The maximum atomic E-state index is 12.7. The van der Waals surface area contributed by atoms with E-state index in [0.717, 1.165) is 5.56 Å². The summed E-state index contributed by atoms with van der Waals surface area (Å²) < 4.78 is 7.10. The zero-order valence-electron chi connectivity index (χ0n) is 14.9. The monoisotopic (exact) mass is 384 g/mol. The quantitative estimate of drug-likeness (QED) is 0.473. The molecular weight excluding hydrogens is 364 g/mol. The molecule has 140 valence electrons. The number of imidazole rings is 1. The molecule has 0 fully saturated rings. The molecule has 0 saturated heterocycles. The number of rotatable bonds is 8. The highest BCUT2D eigenvalue weighted by Gasteiger charge is 2.23. The number of nitrogens with zero attached hydrogens (tertiary/aromatic N) is 3. The normalized spacial score (nSPS) is 11.9. The Balaban J connectivity index is 1.80. The SMILES string of the molecule is C[C@@H](N)C(=O)Oc1nc(Cc2ccccc2)sc1C(=O)CCn1ccnc1. The molecule has 0 amide bonds. The lowest BCUT2D eigenvalue weighted by Gasteiger charge is -2.06. The summed E-state index contributed by atoms with van der Waals surface area (Å²) in [6.07, 6.45) is 5.91. The molecule has 0 bridgehead atoms. The van der Waals surface area contributed by atoms with Gasteiger partial charge in [-0.05, 0) is 12.5 Å². The van der Waals surface area contributed by atoms with Crippen molar-refractivity contribution in [1.82, 2.24) is 14.5 Å². The molecule has 0 radical (unpaired) electrons. The molecule has 2 heterocycles. The van der Waals surface area contributed by atoms with Gasteiger partial charge in [0.2, 0.25) is 5.88 Å². The molecule has 3 aromatic rings. The van der Waals surface area contributed by atoms with Gasteiger partial charge >= 0.3 is 5.97 Å². The first kappa shape index (κ1) is 18.9. The number of nitrogens with two attached hydrogens (primary N) is 1. The zero-order valence-corrected chi connectivity index (χ0v) is 15.7. The summed E-state index contributed by atoms with van der Waals surface area (Å²) in [5.41, 5.74) is 6.63. The molecule has 27 heavy (non-hydrogen) atoms. The fourth-order valence-electron chi connectivity index (χ4n) is 2.39. The second kappa shape index (κ2) is 8.70. The van der Waals surface area contributed by atoms with Crippen molar-refractivity contribution in [2.45, 2.75) is 32.4 Å². The van der Waals surface area contributed by atoms with Crippen LogP contribution in [-0.4, -0.2) is 32.3 Å². The summed E-state index contributed by atoms with van der Waals surface area (Å²) in [6, 6.07) is 8.99. The van der Waals surface area contributed by atoms with Crippen molar-refractivity contribution >= 4 is 23.1 Å². The molecule has 1 aromatic carbocycles. The average molecular weight is 384 g/mol. The maximum Gasteiger partial charge on any atom is 0.329 e. The van der Waals surface area contributed by atoms with Gasteiger partial charge in [0.25, 0.3) is 0 Å². The minimum Gasteiger partial charge on any atom is -0.405 e. The van der Waals surface area contributed by atoms with Crippen LogP contribution in [0.2, 0.25) is 0 Å². The summed E-state index contributed by atoms with van der Waals surface area (Å²) in [7, 11) is 0. The first-order valence-corrected chi connectivity index (χ1v) is 9.34. The average Bonchev–Trinajstić information content (AvgIpc) is 3.30.